The fourth-order valence-corrected chi connectivity index (χ4v) is 3.23. The molecule has 0 aliphatic carbocycles. The van der Waals surface area contributed by atoms with E-state index in [2.05, 4.69) is 16.8 Å². The van der Waals surface area contributed by atoms with Crippen LogP contribution in [-0.4, -0.2) is 28.4 Å². The molecule has 1 aliphatic rings. The number of hydrogen-bond donors (Lipinski definition) is 0. The molecule has 0 N–H and O–H groups in total. The van der Waals surface area contributed by atoms with Crippen molar-refractivity contribution in [2.45, 2.75) is 52.0 Å². The van der Waals surface area contributed by atoms with Gasteiger partial charge in [0, 0.05) is 23.7 Å². The summed E-state index contributed by atoms with van der Waals surface area (Å²) in [6.07, 6.45) is 5.13. The van der Waals surface area contributed by atoms with Crippen molar-refractivity contribution in [2.24, 2.45) is 0 Å². The molecule has 0 spiro atoms. The monoisotopic (exact) mass is 252 g/mol. The zero-order valence-electron chi connectivity index (χ0n) is 10.6. The summed E-state index contributed by atoms with van der Waals surface area (Å²) in [5.74, 6) is 0.255. The van der Waals surface area contributed by atoms with E-state index in [1.54, 1.807) is 11.3 Å². The number of carbonyl (C=O) groups excluding carboxylic acids is 1. The maximum atomic E-state index is 12.2. The molecule has 1 atom stereocenters. The van der Waals surface area contributed by atoms with Crippen molar-refractivity contribution in [1.29, 1.82) is 0 Å². The molecule has 0 bridgehead atoms. The molecule has 17 heavy (non-hydrogen) atoms. The number of carbonyl (C=O) groups is 1. The van der Waals surface area contributed by atoms with Crippen molar-refractivity contribution in [3.63, 3.8) is 0 Å². The minimum absolute atomic E-state index is 0.255. The number of hydrogen-bond acceptors (Lipinski definition) is 3. The summed E-state index contributed by atoms with van der Waals surface area (Å²) in [4.78, 5) is 18.7. The van der Waals surface area contributed by atoms with Crippen molar-refractivity contribution in [1.82, 2.24) is 9.88 Å². The smallest absolute Gasteiger partial charge is 0.229 e. The summed E-state index contributed by atoms with van der Waals surface area (Å²) >= 11 is 1.59. The molecule has 0 radical (unpaired) electrons. The van der Waals surface area contributed by atoms with Gasteiger partial charge in [0.25, 0.3) is 0 Å². The van der Waals surface area contributed by atoms with E-state index in [0.717, 1.165) is 30.1 Å². The van der Waals surface area contributed by atoms with Crippen molar-refractivity contribution < 1.29 is 4.79 Å². The van der Waals surface area contributed by atoms with Crippen molar-refractivity contribution in [3.05, 3.63) is 16.1 Å². The molecule has 1 aromatic rings. The van der Waals surface area contributed by atoms with E-state index in [-0.39, 0.29) is 5.91 Å². The molecule has 2 rings (SSSR count). The quantitative estimate of drug-likeness (QED) is 0.828. The lowest BCUT2D eigenvalue weighted by Gasteiger charge is -2.35. The zero-order valence-corrected chi connectivity index (χ0v) is 11.4. The van der Waals surface area contributed by atoms with E-state index in [0.29, 0.717) is 12.5 Å². The van der Waals surface area contributed by atoms with Crippen LogP contribution in [0.25, 0.3) is 0 Å². The third-order valence-corrected chi connectivity index (χ3v) is 4.35. The molecule has 1 aliphatic heterocycles. The summed E-state index contributed by atoms with van der Waals surface area (Å²) in [5, 5.41) is 2.96. The van der Waals surface area contributed by atoms with Gasteiger partial charge in [0.2, 0.25) is 5.91 Å². The standard InChI is InChI=1S/C13H20N2OS/c1-3-11-6-4-5-7-15(11)13(16)8-12-14-10(2)9-17-12/h9,11H,3-8H2,1-2H3. The molecule has 0 saturated carbocycles. The van der Waals surface area contributed by atoms with Gasteiger partial charge in [-0.1, -0.05) is 6.92 Å². The van der Waals surface area contributed by atoms with E-state index in [4.69, 9.17) is 0 Å². The Morgan fingerprint density at radius 1 is 1.59 bits per heavy atom. The SMILES string of the molecule is CCC1CCCCN1C(=O)Cc1nc(C)cs1. The van der Waals surface area contributed by atoms with Crippen molar-refractivity contribution in [2.75, 3.05) is 6.54 Å². The van der Waals surface area contributed by atoms with Gasteiger partial charge in [0.1, 0.15) is 5.01 Å². The molecule has 1 amide bonds. The lowest BCUT2D eigenvalue weighted by atomic mass is 10.00. The molecule has 1 aromatic heterocycles. The summed E-state index contributed by atoms with van der Waals surface area (Å²) in [7, 11) is 0. The summed E-state index contributed by atoms with van der Waals surface area (Å²) in [6.45, 7) is 5.08. The first-order valence-corrected chi connectivity index (χ1v) is 7.29. The van der Waals surface area contributed by atoms with Crippen LogP contribution in [-0.2, 0) is 11.2 Å². The third kappa shape index (κ3) is 3.06. The van der Waals surface area contributed by atoms with Gasteiger partial charge >= 0.3 is 0 Å². The minimum atomic E-state index is 0.255. The number of aryl methyl sites for hydroxylation is 1. The second-order valence-corrected chi connectivity index (χ2v) is 5.65. The van der Waals surface area contributed by atoms with Gasteiger partial charge in [-0.2, -0.15) is 0 Å². The average Bonchev–Trinajstić information content (AvgIpc) is 2.74. The average molecular weight is 252 g/mol. The molecular formula is C13H20N2OS. The molecule has 1 unspecified atom stereocenters. The second kappa shape index (κ2) is 5.63. The Morgan fingerprint density at radius 3 is 3.06 bits per heavy atom. The molecule has 0 aromatic carbocycles. The van der Waals surface area contributed by atoms with Crippen LogP contribution < -0.4 is 0 Å². The first kappa shape index (κ1) is 12.6. The van der Waals surface area contributed by atoms with Gasteiger partial charge in [-0.3, -0.25) is 4.79 Å². The topological polar surface area (TPSA) is 33.2 Å². The highest BCUT2D eigenvalue weighted by Crippen LogP contribution is 2.21. The maximum Gasteiger partial charge on any atom is 0.229 e. The normalized spacial score (nSPS) is 20.6. The molecule has 1 fully saturated rings. The summed E-state index contributed by atoms with van der Waals surface area (Å²) in [6, 6.07) is 0.456. The Labute approximate surface area is 107 Å². The number of amides is 1. The fourth-order valence-electron chi connectivity index (χ4n) is 2.47. The van der Waals surface area contributed by atoms with Crippen molar-refractivity contribution in [3.8, 4) is 0 Å². The highest BCUT2D eigenvalue weighted by atomic mass is 32.1. The predicted molar refractivity (Wildman–Crippen MR) is 70.2 cm³/mol. The number of piperidine rings is 1. The number of rotatable bonds is 3. The van der Waals surface area contributed by atoms with E-state index >= 15 is 0 Å². The van der Waals surface area contributed by atoms with E-state index in [1.807, 2.05) is 12.3 Å². The highest BCUT2D eigenvalue weighted by Gasteiger charge is 2.25. The first-order chi connectivity index (χ1) is 8.20. The van der Waals surface area contributed by atoms with Crippen LogP contribution in [0, 0.1) is 6.92 Å². The predicted octanol–water partition coefficient (Wildman–Crippen LogP) is 2.79. The summed E-state index contributed by atoms with van der Waals surface area (Å²) < 4.78 is 0. The van der Waals surface area contributed by atoms with Crippen LogP contribution in [0.15, 0.2) is 5.38 Å². The van der Waals surface area contributed by atoms with Gasteiger partial charge in [0.05, 0.1) is 6.42 Å². The molecule has 94 valence electrons. The van der Waals surface area contributed by atoms with Gasteiger partial charge in [-0.05, 0) is 32.6 Å². The number of nitrogens with zero attached hydrogens (tertiary/aromatic N) is 2. The molecule has 3 nitrogen and oxygen atoms in total. The lowest BCUT2D eigenvalue weighted by molar-refractivity contribution is -0.134. The maximum absolute atomic E-state index is 12.2. The Bertz CT molecular complexity index is 389. The van der Waals surface area contributed by atoms with Crippen LogP contribution in [0.1, 0.15) is 43.3 Å². The second-order valence-electron chi connectivity index (χ2n) is 4.70. The fraction of sp³-hybridized carbons (Fsp3) is 0.692. The Morgan fingerprint density at radius 2 is 2.41 bits per heavy atom. The summed E-state index contributed by atoms with van der Waals surface area (Å²) in [5.41, 5.74) is 1.02. The number of thiazole rings is 1. The zero-order chi connectivity index (χ0) is 12.3. The van der Waals surface area contributed by atoms with Crippen molar-refractivity contribution >= 4 is 17.2 Å². The Hall–Kier alpha value is -0.900. The van der Waals surface area contributed by atoms with Crippen LogP contribution in [0.3, 0.4) is 0 Å². The first-order valence-electron chi connectivity index (χ1n) is 6.41. The Balaban J connectivity index is 1.98. The van der Waals surface area contributed by atoms with Gasteiger partial charge in [0.15, 0.2) is 0 Å². The van der Waals surface area contributed by atoms with Gasteiger partial charge in [-0.15, -0.1) is 11.3 Å². The number of likely N-dealkylation sites (tertiary alicyclic amines) is 1. The van der Waals surface area contributed by atoms with Crippen LogP contribution in [0.5, 0.6) is 0 Å². The lowest BCUT2D eigenvalue weighted by Crippen LogP contribution is -2.44. The van der Waals surface area contributed by atoms with E-state index < -0.39 is 0 Å². The molecule has 2 heterocycles. The van der Waals surface area contributed by atoms with Crippen LogP contribution >= 0.6 is 11.3 Å². The molecule has 4 heteroatoms. The largest absolute Gasteiger partial charge is 0.339 e. The highest BCUT2D eigenvalue weighted by molar-refractivity contribution is 7.09. The molecule has 1 saturated heterocycles. The minimum Gasteiger partial charge on any atom is -0.339 e. The van der Waals surface area contributed by atoms with Gasteiger partial charge < -0.3 is 4.90 Å². The molecular weight excluding hydrogens is 232 g/mol. The van der Waals surface area contributed by atoms with Gasteiger partial charge in [-0.25, -0.2) is 4.98 Å². The van der Waals surface area contributed by atoms with Crippen LogP contribution in [0.2, 0.25) is 0 Å². The van der Waals surface area contributed by atoms with Crippen LogP contribution in [0.4, 0.5) is 0 Å². The van der Waals surface area contributed by atoms with E-state index in [1.165, 1.54) is 12.8 Å². The Kier molecular flexibility index (Phi) is 4.15. The van der Waals surface area contributed by atoms with E-state index in [9.17, 15) is 4.79 Å². The number of aromatic nitrogens is 1. The third-order valence-electron chi connectivity index (χ3n) is 3.39.